The predicted molar refractivity (Wildman–Crippen MR) is 72.5 cm³/mol. The zero-order chi connectivity index (χ0) is 13.4. The Kier molecular flexibility index (Phi) is 2.63. The molecule has 1 amide bonds. The Bertz CT molecular complexity index is 627. The van der Waals surface area contributed by atoms with Gasteiger partial charge in [0.25, 0.3) is 5.91 Å². The third-order valence-corrected chi connectivity index (χ3v) is 3.41. The highest BCUT2D eigenvalue weighted by atomic mass is 16.3. The highest BCUT2D eigenvalue weighted by molar-refractivity contribution is 5.95. The summed E-state index contributed by atoms with van der Waals surface area (Å²) in [5.74, 6) is -0.144. The molecule has 2 aromatic carbocycles. The van der Waals surface area contributed by atoms with Crippen LogP contribution >= 0.6 is 0 Å². The molecule has 0 fully saturated rings. The van der Waals surface area contributed by atoms with Gasteiger partial charge in [0, 0.05) is 18.7 Å². The van der Waals surface area contributed by atoms with Crippen LogP contribution in [0.3, 0.4) is 0 Å². The molecule has 0 radical (unpaired) electrons. The second-order valence-electron chi connectivity index (χ2n) is 4.70. The Morgan fingerprint density at radius 1 is 1.11 bits per heavy atom. The predicted octanol–water partition coefficient (Wildman–Crippen LogP) is 2.13. The van der Waals surface area contributed by atoms with Gasteiger partial charge in [-0.05, 0) is 29.3 Å². The highest BCUT2D eigenvalue weighted by Crippen LogP contribution is 2.26. The van der Waals surface area contributed by atoms with E-state index in [1.54, 1.807) is 17.0 Å². The molecule has 96 valence electrons. The molecule has 0 bridgehead atoms. The molecule has 1 aliphatic heterocycles. The fraction of sp³-hybridized carbons (Fsp3) is 0.133. The average Bonchev–Trinajstić information content (AvgIpc) is 2.85. The molecule has 19 heavy (non-hydrogen) atoms. The lowest BCUT2D eigenvalue weighted by molar-refractivity contribution is 0.0751. The number of nitrogen functional groups attached to an aromatic ring is 1. The minimum Gasteiger partial charge on any atom is -0.506 e. The number of anilines is 1. The smallest absolute Gasteiger partial charge is 0.254 e. The quantitative estimate of drug-likeness (QED) is 0.605. The summed E-state index contributed by atoms with van der Waals surface area (Å²) in [5, 5.41) is 9.57. The number of nitrogens with two attached hydrogens (primary N) is 1. The maximum Gasteiger partial charge on any atom is 0.254 e. The number of aromatic hydroxyl groups is 1. The van der Waals surface area contributed by atoms with Gasteiger partial charge >= 0.3 is 0 Å². The summed E-state index contributed by atoms with van der Waals surface area (Å²) < 4.78 is 0. The molecular formula is C15H14N2O2. The van der Waals surface area contributed by atoms with Crippen molar-refractivity contribution in [3.05, 3.63) is 59.2 Å². The summed E-state index contributed by atoms with van der Waals surface area (Å²) in [6.07, 6.45) is 0. The topological polar surface area (TPSA) is 66.6 Å². The van der Waals surface area contributed by atoms with E-state index >= 15 is 0 Å². The van der Waals surface area contributed by atoms with Crippen LogP contribution in [0.4, 0.5) is 5.69 Å². The minimum atomic E-state index is -0.0912. The van der Waals surface area contributed by atoms with Crippen molar-refractivity contribution in [1.82, 2.24) is 4.90 Å². The molecule has 1 heterocycles. The Morgan fingerprint density at radius 3 is 2.32 bits per heavy atom. The summed E-state index contributed by atoms with van der Waals surface area (Å²) in [6, 6.07) is 12.6. The van der Waals surface area contributed by atoms with E-state index in [-0.39, 0.29) is 17.3 Å². The molecule has 0 unspecified atom stereocenters. The van der Waals surface area contributed by atoms with Crippen LogP contribution in [-0.2, 0) is 13.1 Å². The van der Waals surface area contributed by atoms with Gasteiger partial charge in [-0.1, -0.05) is 24.3 Å². The first-order chi connectivity index (χ1) is 9.15. The molecule has 0 saturated heterocycles. The van der Waals surface area contributed by atoms with Gasteiger partial charge in [0.2, 0.25) is 0 Å². The normalized spacial score (nSPS) is 13.4. The summed E-state index contributed by atoms with van der Waals surface area (Å²) in [5.41, 5.74) is 8.63. The molecule has 0 atom stereocenters. The fourth-order valence-electron chi connectivity index (χ4n) is 2.34. The number of carbonyl (C=O) groups excluding carboxylic acids is 1. The lowest BCUT2D eigenvalue weighted by Crippen LogP contribution is -2.25. The van der Waals surface area contributed by atoms with E-state index < -0.39 is 0 Å². The van der Waals surface area contributed by atoms with Crippen molar-refractivity contribution in [3.8, 4) is 5.75 Å². The molecule has 0 spiro atoms. The summed E-state index contributed by atoms with van der Waals surface area (Å²) in [6.45, 7) is 1.22. The largest absolute Gasteiger partial charge is 0.506 e. The highest BCUT2D eigenvalue weighted by Gasteiger charge is 2.24. The number of amides is 1. The molecule has 1 aliphatic rings. The van der Waals surface area contributed by atoms with E-state index in [2.05, 4.69) is 0 Å². The van der Waals surface area contributed by atoms with Gasteiger partial charge in [-0.15, -0.1) is 0 Å². The van der Waals surface area contributed by atoms with Crippen molar-refractivity contribution in [2.24, 2.45) is 0 Å². The monoisotopic (exact) mass is 254 g/mol. The van der Waals surface area contributed by atoms with Gasteiger partial charge < -0.3 is 15.7 Å². The SMILES string of the molecule is Nc1ccc(C(=O)N2Cc3ccccc3C2)cc1O. The lowest BCUT2D eigenvalue weighted by Gasteiger charge is -2.15. The number of phenolic OH excluding ortho intramolecular Hbond substituents is 1. The second-order valence-corrected chi connectivity index (χ2v) is 4.70. The van der Waals surface area contributed by atoms with Gasteiger partial charge in [0.15, 0.2) is 0 Å². The van der Waals surface area contributed by atoms with E-state index in [4.69, 9.17) is 5.73 Å². The molecule has 3 rings (SSSR count). The molecule has 0 aromatic heterocycles. The first-order valence-electron chi connectivity index (χ1n) is 6.09. The zero-order valence-corrected chi connectivity index (χ0v) is 10.3. The molecule has 2 aromatic rings. The zero-order valence-electron chi connectivity index (χ0n) is 10.3. The van der Waals surface area contributed by atoms with Crippen LogP contribution in [0.5, 0.6) is 5.75 Å². The van der Waals surface area contributed by atoms with Crippen molar-refractivity contribution in [2.45, 2.75) is 13.1 Å². The van der Waals surface area contributed by atoms with E-state index in [1.807, 2.05) is 24.3 Å². The third kappa shape index (κ3) is 2.01. The maximum absolute atomic E-state index is 12.4. The number of hydrogen-bond donors (Lipinski definition) is 2. The minimum absolute atomic E-state index is 0.0532. The fourth-order valence-corrected chi connectivity index (χ4v) is 2.34. The van der Waals surface area contributed by atoms with Crippen molar-refractivity contribution in [2.75, 3.05) is 5.73 Å². The van der Waals surface area contributed by atoms with Crippen LogP contribution in [0.1, 0.15) is 21.5 Å². The number of carbonyl (C=O) groups is 1. The van der Waals surface area contributed by atoms with E-state index in [0.29, 0.717) is 18.7 Å². The van der Waals surface area contributed by atoms with E-state index in [0.717, 1.165) is 0 Å². The summed E-state index contributed by atoms with van der Waals surface area (Å²) >= 11 is 0. The third-order valence-electron chi connectivity index (χ3n) is 3.41. The van der Waals surface area contributed by atoms with E-state index in [1.165, 1.54) is 17.2 Å². The Morgan fingerprint density at radius 2 is 1.74 bits per heavy atom. The van der Waals surface area contributed by atoms with E-state index in [9.17, 15) is 9.90 Å². The van der Waals surface area contributed by atoms with Crippen LogP contribution in [0.25, 0.3) is 0 Å². The van der Waals surface area contributed by atoms with Crippen LogP contribution in [0.2, 0.25) is 0 Å². The molecule has 3 N–H and O–H groups in total. The van der Waals surface area contributed by atoms with Gasteiger partial charge in [0.1, 0.15) is 5.75 Å². The van der Waals surface area contributed by atoms with Gasteiger partial charge in [-0.3, -0.25) is 4.79 Å². The van der Waals surface area contributed by atoms with Gasteiger partial charge in [0.05, 0.1) is 5.69 Å². The van der Waals surface area contributed by atoms with Crippen LogP contribution in [0, 0.1) is 0 Å². The molecular weight excluding hydrogens is 240 g/mol. The van der Waals surface area contributed by atoms with Crippen molar-refractivity contribution in [1.29, 1.82) is 0 Å². The lowest BCUT2D eigenvalue weighted by atomic mass is 10.1. The number of fused-ring (bicyclic) bond motifs is 1. The summed E-state index contributed by atoms with van der Waals surface area (Å²) in [4.78, 5) is 14.1. The van der Waals surface area contributed by atoms with Crippen LogP contribution < -0.4 is 5.73 Å². The number of rotatable bonds is 1. The molecule has 4 nitrogen and oxygen atoms in total. The molecule has 0 aliphatic carbocycles. The number of hydrogen-bond acceptors (Lipinski definition) is 3. The average molecular weight is 254 g/mol. The van der Waals surface area contributed by atoms with Crippen molar-refractivity contribution >= 4 is 11.6 Å². The van der Waals surface area contributed by atoms with Crippen molar-refractivity contribution < 1.29 is 9.90 Å². The number of phenols is 1. The Hall–Kier alpha value is -2.49. The van der Waals surface area contributed by atoms with Gasteiger partial charge in [-0.25, -0.2) is 0 Å². The first-order valence-corrected chi connectivity index (χ1v) is 6.09. The van der Waals surface area contributed by atoms with Gasteiger partial charge in [-0.2, -0.15) is 0 Å². The van der Waals surface area contributed by atoms with Crippen LogP contribution in [-0.4, -0.2) is 15.9 Å². The Balaban J connectivity index is 1.85. The maximum atomic E-state index is 12.4. The Labute approximate surface area is 111 Å². The standard InChI is InChI=1S/C15H14N2O2/c16-13-6-5-10(7-14(13)18)15(19)17-8-11-3-1-2-4-12(11)9-17/h1-7,18H,8-9,16H2. The van der Waals surface area contributed by atoms with Crippen LogP contribution in [0.15, 0.2) is 42.5 Å². The second kappa shape index (κ2) is 4.31. The number of nitrogens with zero attached hydrogens (tertiary/aromatic N) is 1. The first kappa shape index (κ1) is 11.6. The number of benzene rings is 2. The molecule has 0 saturated carbocycles. The van der Waals surface area contributed by atoms with Crippen molar-refractivity contribution in [3.63, 3.8) is 0 Å². The molecule has 4 heteroatoms. The summed E-state index contributed by atoms with van der Waals surface area (Å²) in [7, 11) is 0.